The molecule has 2 atom stereocenters. The first-order chi connectivity index (χ1) is 10.0. The minimum atomic E-state index is -1.00. The SMILES string of the molecule is CCC(C)CC(C)Nc1nc(C(=O)O)cc2ccccc12. The topological polar surface area (TPSA) is 62.2 Å². The number of benzene rings is 1. The van der Waals surface area contributed by atoms with Crippen LogP contribution in [-0.4, -0.2) is 22.1 Å². The van der Waals surface area contributed by atoms with Gasteiger partial charge in [0.15, 0.2) is 5.69 Å². The van der Waals surface area contributed by atoms with Crippen LogP contribution in [0.4, 0.5) is 5.82 Å². The van der Waals surface area contributed by atoms with E-state index in [-0.39, 0.29) is 11.7 Å². The number of aromatic nitrogens is 1. The van der Waals surface area contributed by atoms with Crippen molar-refractivity contribution in [2.24, 2.45) is 5.92 Å². The lowest BCUT2D eigenvalue weighted by molar-refractivity contribution is 0.0691. The number of carboxylic acids is 1. The van der Waals surface area contributed by atoms with Crippen LogP contribution >= 0.6 is 0 Å². The lowest BCUT2D eigenvalue weighted by Gasteiger charge is -2.19. The van der Waals surface area contributed by atoms with Gasteiger partial charge in [0.25, 0.3) is 0 Å². The molecule has 1 aromatic carbocycles. The van der Waals surface area contributed by atoms with E-state index in [9.17, 15) is 9.90 Å². The number of hydrogen-bond donors (Lipinski definition) is 2. The van der Waals surface area contributed by atoms with Crippen LogP contribution in [0.1, 0.15) is 44.1 Å². The normalized spacial score (nSPS) is 13.9. The molecule has 1 heterocycles. The molecule has 0 saturated heterocycles. The monoisotopic (exact) mass is 286 g/mol. The molecular formula is C17H22N2O2. The van der Waals surface area contributed by atoms with E-state index >= 15 is 0 Å². The number of carboxylic acid groups (broad SMARTS) is 1. The summed E-state index contributed by atoms with van der Waals surface area (Å²) in [5.41, 5.74) is 0.0759. The Hall–Kier alpha value is -2.10. The van der Waals surface area contributed by atoms with Gasteiger partial charge in [0.05, 0.1) is 0 Å². The van der Waals surface area contributed by atoms with Gasteiger partial charge in [-0.3, -0.25) is 0 Å². The average Bonchev–Trinajstić information content (AvgIpc) is 2.46. The first-order valence-electron chi connectivity index (χ1n) is 7.40. The largest absolute Gasteiger partial charge is 0.477 e. The zero-order valence-corrected chi connectivity index (χ0v) is 12.8. The molecule has 0 saturated carbocycles. The molecule has 0 aliphatic carbocycles. The highest BCUT2D eigenvalue weighted by Gasteiger charge is 2.13. The zero-order valence-electron chi connectivity index (χ0n) is 12.8. The summed E-state index contributed by atoms with van der Waals surface area (Å²) in [5, 5.41) is 14.4. The van der Waals surface area contributed by atoms with Crippen molar-refractivity contribution in [3.05, 3.63) is 36.0 Å². The Morgan fingerprint density at radius 1 is 1.33 bits per heavy atom. The molecule has 1 aromatic heterocycles. The van der Waals surface area contributed by atoms with E-state index < -0.39 is 5.97 Å². The Labute approximate surface area is 125 Å². The minimum absolute atomic E-state index is 0.0759. The van der Waals surface area contributed by atoms with Crippen LogP contribution in [0.2, 0.25) is 0 Å². The van der Waals surface area contributed by atoms with Gasteiger partial charge in [-0.15, -0.1) is 0 Å². The Kier molecular flexibility index (Phi) is 4.78. The molecule has 4 heteroatoms. The molecule has 0 aliphatic heterocycles. The summed E-state index contributed by atoms with van der Waals surface area (Å²) in [7, 11) is 0. The van der Waals surface area contributed by atoms with Gasteiger partial charge in [0.1, 0.15) is 5.82 Å². The Morgan fingerprint density at radius 2 is 2.05 bits per heavy atom. The van der Waals surface area contributed by atoms with Crippen molar-refractivity contribution in [3.8, 4) is 0 Å². The van der Waals surface area contributed by atoms with Gasteiger partial charge in [0.2, 0.25) is 0 Å². The Bertz CT molecular complexity index is 640. The highest BCUT2D eigenvalue weighted by Crippen LogP contribution is 2.24. The molecule has 2 unspecified atom stereocenters. The predicted molar refractivity (Wildman–Crippen MR) is 85.9 cm³/mol. The van der Waals surface area contributed by atoms with E-state index in [0.717, 1.165) is 23.6 Å². The maximum Gasteiger partial charge on any atom is 0.354 e. The third-order valence-electron chi connectivity index (χ3n) is 3.80. The van der Waals surface area contributed by atoms with Crippen molar-refractivity contribution >= 4 is 22.6 Å². The van der Waals surface area contributed by atoms with Crippen LogP contribution in [-0.2, 0) is 0 Å². The lowest BCUT2D eigenvalue weighted by atomic mass is 10.0. The first kappa shape index (κ1) is 15.3. The van der Waals surface area contributed by atoms with Crippen LogP contribution in [0.15, 0.2) is 30.3 Å². The number of nitrogens with zero attached hydrogens (tertiary/aromatic N) is 1. The van der Waals surface area contributed by atoms with Crippen LogP contribution in [0.5, 0.6) is 0 Å². The summed E-state index contributed by atoms with van der Waals surface area (Å²) in [6.07, 6.45) is 2.17. The Balaban J connectivity index is 2.35. The predicted octanol–water partition coefficient (Wildman–Crippen LogP) is 4.17. The van der Waals surface area contributed by atoms with Crippen LogP contribution in [0.3, 0.4) is 0 Å². The maximum absolute atomic E-state index is 11.2. The van der Waals surface area contributed by atoms with Crippen molar-refractivity contribution in [1.82, 2.24) is 4.98 Å². The molecule has 21 heavy (non-hydrogen) atoms. The van der Waals surface area contributed by atoms with E-state index in [1.165, 1.54) is 0 Å². The number of nitrogens with one attached hydrogen (secondary N) is 1. The lowest BCUT2D eigenvalue weighted by Crippen LogP contribution is -2.20. The number of carbonyl (C=O) groups is 1. The standard InChI is InChI=1S/C17H22N2O2/c1-4-11(2)9-12(3)18-16-14-8-6-5-7-13(14)10-15(19-16)17(20)21/h5-8,10-12H,4,9H2,1-3H3,(H,18,19)(H,20,21). The van der Waals surface area contributed by atoms with E-state index in [1.807, 2.05) is 24.3 Å². The molecule has 0 aliphatic rings. The summed E-state index contributed by atoms with van der Waals surface area (Å²) < 4.78 is 0. The fraction of sp³-hybridized carbons (Fsp3) is 0.412. The second-order valence-electron chi connectivity index (χ2n) is 5.68. The second kappa shape index (κ2) is 6.57. The third kappa shape index (κ3) is 3.72. The molecule has 0 bridgehead atoms. The van der Waals surface area contributed by atoms with Crippen LogP contribution in [0, 0.1) is 5.92 Å². The van der Waals surface area contributed by atoms with Crippen molar-refractivity contribution in [1.29, 1.82) is 0 Å². The molecule has 4 nitrogen and oxygen atoms in total. The molecule has 112 valence electrons. The van der Waals surface area contributed by atoms with E-state index in [2.05, 4.69) is 31.1 Å². The third-order valence-corrected chi connectivity index (χ3v) is 3.80. The van der Waals surface area contributed by atoms with Crippen molar-refractivity contribution in [2.45, 2.75) is 39.7 Å². The second-order valence-corrected chi connectivity index (χ2v) is 5.68. The molecule has 0 fully saturated rings. The highest BCUT2D eigenvalue weighted by atomic mass is 16.4. The van der Waals surface area contributed by atoms with E-state index in [4.69, 9.17) is 0 Å². The molecule has 0 radical (unpaired) electrons. The number of hydrogen-bond acceptors (Lipinski definition) is 3. The summed E-state index contributed by atoms with van der Waals surface area (Å²) in [6, 6.07) is 9.58. The number of fused-ring (bicyclic) bond motifs is 1. The zero-order chi connectivity index (χ0) is 15.4. The van der Waals surface area contributed by atoms with Gasteiger partial charge in [-0.05, 0) is 30.7 Å². The molecule has 2 N–H and O–H groups in total. The smallest absolute Gasteiger partial charge is 0.354 e. The number of anilines is 1. The molecule has 0 amide bonds. The first-order valence-corrected chi connectivity index (χ1v) is 7.40. The molecule has 0 spiro atoms. The maximum atomic E-state index is 11.2. The van der Waals surface area contributed by atoms with Gasteiger partial charge in [-0.2, -0.15) is 0 Å². The fourth-order valence-electron chi connectivity index (χ4n) is 2.48. The minimum Gasteiger partial charge on any atom is -0.477 e. The van der Waals surface area contributed by atoms with Gasteiger partial charge in [-0.1, -0.05) is 44.5 Å². The number of aromatic carboxylic acids is 1. The quantitative estimate of drug-likeness (QED) is 0.836. The van der Waals surface area contributed by atoms with Crippen molar-refractivity contribution < 1.29 is 9.90 Å². The van der Waals surface area contributed by atoms with Gasteiger partial charge in [0, 0.05) is 11.4 Å². The van der Waals surface area contributed by atoms with Gasteiger partial charge >= 0.3 is 5.97 Å². The van der Waals surface area contributed by atoms with Crippen LogP contribution < -0.4 is 5.32 Å². The van der Waals surface area contributed by atoms with Crippen molar-refractivity contribution in [3.63, 3.8) is 0 Å². The summed E-state index contributed by atoms with van der Waals surface area (Å²) in [5.74, 6) is 0.279. The molecular weight excluding hydrogens is 264 g/mol. The van der Waals surface area contributed by atoms with Gasteiger partial charge in [-0.25, -0.2) is 9.78 Å². The number of rotatable bonds is 6. The summed E-state index contributed by atoms with van der Waals surface area (Å²) in [4.78, 5) is 15.5. The van der Waals surface area contributed by atoms with Crippen molar-refractivity contribution in [2.75, 3.05) is 5.32 Å². The summed E-state index contributed by atoms with van der Waals surface area (Å²) >= 11 is 0. The molecule has 2 rings (SSSR count). The Morgan fingerprint density at radius 3 is 2.71 bits per heavy atom. The fourth-order valence-corrected chi connectivity index (χ4v) is 2.48. The van der Waals surface area contributed by atoms with Gasteiger partial charge < -0.3 is 10.4 Å². The number of pyridine rings is 1. The van der Waals surface area contributed by atoms with E-state index in [1.54, 1.807) is 6.07 Å². The summed E-state index contributed by atoms with van der Waals surface area (Å²) in [6.45, 7) is 6.50. The van der Waals surface area contributed by atoms with Crippen LogP contribution in [0.25, 0.3) is 10.8 Å². The molecule has 2 aromatic rings. The average molecular weight is 286 g/mol. The van der Waals surface area contributed by atoms with E-state index in [0.29, 0.717) is 11.7 Å². The highest BCUT2D eigenvalue weighted by molar-refractivity contribution is 5.97.